The van der Waals surface area contributed by atoms with E-state index in [1.54, 1.807) is 0 Å². The molecule has 0 aliphatic carbocycles. The van der Waals surface area contributed by atoms with Crippen molar-refractivity contribution in [3.63, 3.8) is 0 Å². The summed E-state index contributed by atoms with van der Waals surface area (Å²) in [5, 5.41) is 42.1. The highest BCUT2D eigenvalue weighted by atomic mass is 16.6. The molecule has 1 aromatic carbocycles. The van der Waals surface area contributed by atoms with Crippen LogP contribution in [-0.4, -0.2) is 82.8 Å². The molecule has 0 bridgehead atoms. The number of aliphatic hydroxyl groups excluding tert-OH is 2. The number of esters is 1. The fourth-order valence-corrected chi connectivity index (χ4v) is 2.79. The molecule has 156 valence electrons. The van der Waals surface area contributed by atoms with Gasteiger partial charge in [0, 0.05) is 5.69 Å². The number of carbonyl (C=O) groups excluding carboxylic acids is 1. The summed E-state index contributed by atoms with van der Waals surface area (Å²) in [6, 6.07) is 2.94. The second-order valence-corrected chi connectivity index (χ2v) is 6.33. The first-order valence-electron chi connectivity index (χ1n) is 8.48. The van der Waals surface area contributed by atoms with Crippen LogP contribution in [0.5, 0.6) is 5.75 Å². The van der Waals surface area contributed by atoms with Crippen molar-refractivity contribution < 1.29 is 44.2 Å². The van der Waals surface area contributed by atoms with Crippen LogP contribution in [0.25, 0.3) is 0 Å². The smallest absolute Gasteiger partial charge is 0.342 e. The molecule has 28 heavy (non-hydrogen) atoms. The molecule has 11 nitrogen and oxygen atoms in total. The molecule has 0 saturated carbocycles. The summed E-state index contributed by atoms with van der Waals surface area (Å²) < 4.78 is 15.7. The topological polar surface area (TPSA) is 181 Å². The fraction of sp³-hybridized carbons (Fsp3) is 0.529. The van der Waals surface area contributed by atoms with Crippen LogP contribution in [0.1, 0.15) is 17.3 Å². The van der Waals surface area contributed by atoms with E-state index in [2.05, 4.69) is 5.32 Å². The number of phenolic OH excluding ortho intramolecular Hbond substituents is 1. The highest BCUT2D eigenvalue weighted by Crippen LogP contribution is 2.25. The number of aliphatic hydroxyl groups is 2. The van der Waals surface area contributed by atoms with Crippen molar-refractivity contribution in [1.29, 1.82) is 0 Å². The van der Waals surface area contributed by atoms with Crippen LogP contribution in [0.3, 0.4) is 0 Å². The first-order chi connectivity index (χ1) is 13.1. The van der Waals surface area contributed by atoms with Gasteiger partial charge in [0.25, 0.3) is 0 Å². The van der Waals surface area contributed by atoms with E-state index in [0.29, 0.717) is 0 Å². The number of benzene rings is 1. The average Bonchev–Trinajstić information content (AvgIpc) is 2.64. The molecule has 1 saturated heterocycles. The van der Waals surface area contributed by atoms with Gasteiger partial charge in [0.05, 0.1) is 6.04 Å². The van der Waals surface area contributed by atoms with E-state index in [-0.39, 0.29) is 17.0 Å². The van der Waals surface area contributed by atoms with Crippen molar-refractivity contribution in [2.24, 2.45) is 0 Å². The van der Waals surface area contributed by atoms with Gasteiger partial charge in [-0.15, -0.1) is 0 Å². The minimum Gasteiger partial charge on any atom is -0.507 e. The molecule has 11 heteroatoms. The Hall–Kier alpha value is -2.44. The zero-order chi connectivity index (χ0) is 21.0. The Morgan fingerprint density at radius 1 is 1.36 bits per heavy atom. The van der Waals surface area contributed by atoms with Crippen LogP contribution in [0.4, 0.5) is 5.69 Å². The zero-order valence-corrected chi connectivity index (χ0v) is 15.3. The highest BCUT2D eigenvalue weighted by molar-refractivity contribution is 5.93. The molecule has 0 aromatic heterocycles. The molecule has 1 aliphatic rings. The number of ether oxygens (including phenoxy) is 3. The van der Waals surface area contributed by atoms with Crippen LogP contribution >= 0.6 is 0 Å². The van der Waals surface area contributed by atoms with Crippen LogP contribution in [0, 0.1) is 0 Å². The summed E-state index contributed by atoms with van der Waals surface area (Å²) in [6.45, 7) is 0.796. The van der Waals surface area contributed by atoms with Crippen molar-refractivity contribution >= 4 is 17.6 Å². The number of hydrogen-bond acceptors (Lipinski definition) is 10. The van der Waals surface area contributed by atoms with Gasteiger partial charge in [-0.25, -0.2) is 9.59 Å². The van der Waals surface area contributed by atoms with Gasteiger partial charge < -0.3 is 45.7 Å². The first-order valence-corrected chi connectivity index (χ1v) is 8.48. The fourth-order valence-electron chi connectivity index (χ4n) is 2.79. The maximum Gasteiger partial charge on any atom is 0.342 e. The first kappa shape index (κ1) is 21.9. The summed E-state index contributed by atoms with van der Waals surface area (Å²) >= 11 is 0. The summed E-state index contributed by atoms with van der Waals surface area (Å²) in [7, 11) is 1.48. The number of nitrogens with one attached hydrogen (secondary N) is 1. The lowest BCUT2D eigenvalue weighted by molar-refractivity contribution is -0.267. The van der Waals surface area contributed by atoms with E-state index in [1.807, 2.05) is 0 Å². The van der Waals surface area contributed by atoms with E-state index >= 15 is 0 Å². The number of likely N-dealkylation sites (N-methyl/N-ethyl adjacent to an activating group) is 1. The number of nitrogen functional groups attached to an aromatic ring is 1. The number of aromatic hydroxyl groups is 1. The maximum absolute atomic E-state index is 12.2. The van der Waals surface area contributed by atoms with Crippen molar-refractivity contribution in [3.8, 4) is 5.75 Å². The molecule has 2 rings (SSSR count). The number of nitrogens with two attached hydrogens (primary N) is 1. The van der Waals surface area contributed by atoms with E-state index in [4.69, 9.17) is 25.1 Å². The number of anilines is 1. The van der Waals surface area contributed by atoms with Gasteiger partial charge in [-0.1, -0.05) is 0 Å². The Balaban J connectivity index is 2.09. The number of phenols is 1. The highest BCUT2D eigenvalue weighted by Gasteiger charge is 2.46. The van der Waals surface area contributed by atoms with E-state index in [9.17, 15) is 24.9 Å². The van der Waals surface area contributed by atoms with Crippen LogP contribution in [0.2, 0.25) is 0 Å². The largest absolute Gasteiger partial charge is 0.507 e. The van der Waals surface area contributed by atoms with Crippen LogP contribution in [-0.2, 0) is 19.0 Å². The van der Waals surface area contributed by atoms with Gasteiger partial charge in [-0.05, 0) is 32.2 Å². The maximum atomic E-state index is 12.2. The minimum atomic E-state index is -1.45. The van der Waals surface area contributed by atoms with Crippen LogP contribution in [0.15, 0.2) is 18.2 Å². The van der Waals surface area contributed by atoms with Crippen LogP contribution < -0.4 is 11.1 Å². The van der Waals surface area contributed by atoms with Crippen molar-refractivity contribution in [2.75, 3.05) is 19.4 Å². The third kappa shape index (κ3) is 4.88. The quantitative estimate of drug-likeness (QED) is 0.181. The van der Waals surface area contributed by atoms with Gasteiger partial charge >= 0.3 is 11.9 Å². The lowest BCUT2D eigenvalue weighted by Crippen LogP contribution is -2.64. The third-order valence-corrected chi connectivity index (χ3v) is 4.35. The summed E-state index contributed by atoms with van der Waals surface area (Å²) in [5.41, 5.74) is 5.64. The molecule has 1 fully saturated rings. The lowest BCUT2D eigenvalue weighted by atomic mass is 9.96. The van der Waals surface area contributed by atoms with Crippen molar-refractivity contribution in [1.82, 2.24) is 5.32 Å². The number of carboxylic acid groups (broad SMARTS) is 1. The zero-order valence-electron chi connectivity index (χ0n) is 15.3. The number of rotatable bonds is 7. The van der Waals surface area contributed by atoms with Gasteiger partial charge in [0.2, 0.25) is 0 Å². The normalized spacial score (nSPS) is 28.5. The molecule has 0 amide bonds. The summed E-state index contributed by atoms with van der Waals surface area (Å²) in [6.07, 6.45) is -6.47. The minimum absolute atomic E-state index is 0.175. The Labute approximate surface area is 160 Å². The Bertz CT molecular complexity index is 714. The number of carboxylic acids is 1. The molecular formula is C17H24N2O9. The standard InChI is InChI=1S/C17H24N2O9/c1-7(15(22)23)27-14-12(19-2)17(25)28-11(13(14)21)6-26-16(24)9-5-8(18)3-4-10(9)20/h3-5,7,11-14,17,19-21,25H,6,18H2,1-2H3,(H,22,23)/t7?,11?,12?,13-,14+,17+/m0/s1. The Morgan fingerprint density at radius 3 is 2.64 bits per heavy atom. The van der Waals surface area contributed by atoms with Gasteiger partial charge in [-0.2, -0.15) is 0 Å². The van der Waals surface area contributed by atoms with Crippen molar-refractivity contribution in [2.45, 2.75) is 43.7 Å². The van der Waals surface area contributed by atoms with Gasteiger partial charge in [-0.3, -0.25) is 0 Å². The predicted molar refractivity (Wildman–Crippen MR) is 94.5 cm³/mol. The molecule has 3 unspecified atom stereocenters. The number of aliphatic carboxylic acids is 1. The van der Waals surface area contributed by atoms with Crippen molar-refractivity contribution in [3.05, 3.63) is 23.8 Å². The number of carbonyl (C=O) groups is 2. The van der Waals surface area contributed by atoms with E-state index < -0.39 is 55.3 Å². The summed E-state index contributed by atoms with van der Waals surface area (Å²) in [5.74, 6) is -2.50. The Morgan fingerprint density at radius 2 is 2.04 bits per heavy atom. The molecule has 1 aliphatic heterocycles. The molecule has 6 atom stereocenters. The molecular weight excluding hydrogens is 376 g/mol. The third-order valence-electron chi connectivity index (χ3n) is 4.35. The van der Waals surface area contributed by atoms with E-state index in [0.717, 1.165) is 0 Å². The molecule has 7 N–H and O–H groups in total. The predicted octanol–water partition coefficient (Wildman–Crippen LogP) is -1.34. The average molecular weight is 400 g/mol. The second-order valence-electron chi connectivity index (χ2n) is 6.33. The van der Waals surface area contributed by atoms with Gasteiger partial charge in [0.15, 0.2) is 12.4 Å². The lowest BCUT2D eigenvalue weighted by Gasteiger charge is -2.43. The molecule has 1 aromatic rings. The van der Waals surface area contributed by atoms with Gasteiger partial charge in [0.1, 0.15) is 36.2 Å². The monoisotopic (exact) mass is 400 g/mol. The summed E-state index contributed by atoms with van der Waals surface area (Å²) in [4.78, 5) is 23.2. The molecule has 1 heterocycles. The molecule has 0 radical (unpaired) electrons. The van der Waals surface area contributed by atoms with E-state index in [1.165, 1.54) is 32.2 Å². The Kier molecular flexibility index (Phi) is 7.16. The second kappa shape index (κ2) is 9.17. The molecule has 0 spiro atoms. The number of hydrogen-bond donors (Lipinski definition) is 6. The SMILES string of the molecule is CNC1[C@H](O)OC(COC(=O)c2cc(N)ccc2O)[C@H](O)[C@@H]1OC(C)C(=O)O.